The zero-order valence-corrected chi connectivity index (χ0v) is 17.1. The van der Waals surface area contributed by atoms with Crippen LogP contribution in [0.3, 0.4) is 0 Å². The maximum absolute atomic E-state index is 13.6. The molecule has 0 aliphatic carbocycles. The number of aromatic nitrogens is 2. The number of rotatable bonds is 5. The highest BCUT2D eigenvalue weighted by Crippen LogP contribution is 2.36. The predicted octanol–water partition coefficient (Wildman–Crippen LogP) is 4.44. The van der Waals surface area contributed by atoms with E-state index in [1.807, 2.05) is 0 Å². The standard InChI is InChI=1S/C18H13Cl3FN3O4/c1-8-4-13(26)14-16(25(8)15-10(19)5-9(22)6-11(15)20)12(21)7-24-17(14)29-3-2-23-18(27)28/h4-7,23H,2-3H2,1H3,(H,27,28). The molecule has 2 N–H and O–H groups in total. The first kappa shape index (κ1) is 21.2. The quantitative estimate of drug-likeness (QED) is 0.549. The number of amides is 1. The molecule has 3 aromatic rings. The van der Waals surface area contributed by atoms with E-state index in [9.17, 15) is 14.0 Å². The number of halogens is 4. The lowest BCUT2D eigenvalue weighted by atomic mass is 10.2. The van der Waals surface area contributed by atoms with Gasteiger partial charge < -0.3 is 19.7 Å². The first-order chi connectivity index (χ1) is 13.7. The van der Waals surface area contributed by atoms with Gasteiger partial charge in [-0.2, -0.15) is 0 Å². The summed E-state index contributed by atoms with van der Waals surface area (Å²) < 4.78 is 20.6. The fraction of sp³-hybridized carbons (Fsp3) is 0.167. The lowest BCUT2D eigenvalue weighted by molar-refractivity contribution is 0.191. The first-order valence-corrected chi connectivity index (χ1v) is 9.29. The monoisotopic (exact) mass is 459 g/mol. The molecule has 0 bridgehead atoms. The van der Waals surface area contributed by atoms with Crippen LogP contribution in [0.1, 0.15) is 5.69 Å². The van der Waals surface area contributed by atoms with Gasteiger partial charge in [-0.15, -0.1) is 0 Å². The van der Waals surface area contributed by atoms with Crippen LogP contribution in [0.25, 0.3) is 16.6 Å². The number of nitrogens with one attached hydrogen (secondary N) is 1. The van der Waals surface area contributed by atoms with Crippen LogP contribution >= 0.6 is 34.8 Å². The molecule has 0 fully saturated rings. The summed E-state index contributed by atoms with van der Waals surface area (Å²) in [7, 11) is 0. The molecule has 7 nitrogen and oxygen atoms in total. The number of hydrogen-bond acceptors (Lipinski definition) is 4. The second kappa shape index (κ2) is 8.44. The van der Waals surface area contributed by atoms with Crippen molar-refractivity contribution in [3.63, 3.8) is 0 Å². The van der Waals surface area contributed by atoms with Crippen molar-refractivity contribution < 1.29 is 19.0 Å². The molecule has 3 rings (SSSR count). The minimum absolute atomic E-state index is 0.0171. The van der Waals surface area contributed by atoms with Crippen LogP contribution in [-0.2, 0) is 0 Å². The molecule has 0 saturated heterocycles. The maximum atomic E-state index is 13.6. The Morgan fingerprint density at radius 1 is 1.24 bits per heavy atom. The van der Waals surface area contributed by atoms with Gasteiger partial charge in [-0.1, -0.05) is 34.8 Å². The van der Waals surface area contributed by atoms with E-state index < -0.39 is 17.3 Å². The number of aryl methyl sites for hydroxylation is 1. The Labute approximate surface area is 178 Å². The van der Waals surface area contributed by atoms with E-state index in [4.69, 9.17) is 44.6 Å². The van der Waals surface area contributed by atoms with Crippen LogP contribution in [0.15, 0.2) is 29.2 Å². The largest absolute Gasteiger partial charge is 0.475 e. The van der Waals surface area contributed by atoms with Crippen LogP contribution in [0, 0.1) is 12.7 Å². The number of ether oxygens (including phenoxy) is 1. The molecule has 1 aromatic carbocycles. The predicted molar refractivity (Wildman–Crippen MR) is 109 cm³/mol. The first-order valence-electron chi connectivity index (χ1n) is 8.16. The van der Waals surface area contributed by atoms with Crippen molar-refractivity contribution in [1.29, 1.82) is 0 Å². The van der Waals surface area contributed by atoms with Gasteiger partial charge in [-0.05, 0) is 19.1 Å². The molecule has 2 heterocycles. The highest BCUT2D eigenvalue weighted by Gasteiger charge is 2.20. The lowest BCUT2D eigenvalue weighted by Gasteiger charge is -2.19. The topological polar surface area (TPSA) is 93.4 Å². The number of fused-ring (bicyclic) bond motifs is 1. The fourth-order valence-electron chi connectivity index (χ4n) is 2.86. The molecule has 0 aliphatic heterocycles. The number of benzene rings is 1. The number of carbonyl (C=O) groups is 1. The molecular weight excluding hydrogens is 448 g/mol. The highest BCUT2D eigenvalue weighted by atomic mass is 35.5. The minimum Gasteiger partial charge on any atom is -0.475 e. The van der Waals surface area contributed by atoms with Gasteiger partial charge in [0.25, 0.3) is 0 Å². The lowest BCUT2D eigenvalue weighted by Crippen LogP contribution is -2.26. The molecule has 1 amide bonds. The molecule has 29 heavy (non-hydrogen) atoms. The van der Waals surface area contributed by atoms with E-state index in [0.29, 0.717) is 5.69 Å². The molecule has 11 heteroatoms. The van der Waals surface area contributed by atoms with Crippen molar-refractivity contribution in [2.45, 2.75) is 6.92 Å². The Morgan fingerprint density at radius 2 is 1.90 bits per heavy atom. The Bertz CT molecular complexity index is 1160. The zero-order valence-electron chi connectivity index (χ0n) is 14.8. The van der Waals surface area contributed by atoms with Gasteiger partial charge in [-0.3, -0.25) is 4.79 Å². The number of nitrogens with zero attached hydrogens (tertiary/aromatic N) is 2. The molecule has 0 saturated carbocycles. The van der Waals surface area contributed by atoms with Crippen molar-refractivity contribution in [1.82, 2.24) is 14.9 Å². The van der Waals surface area contributed by atoms with Crippen LogP contribution in [0.5, 0.6) is 5.88 Å². The van der Waals surface area contributed by atoms with Gasteiger partial charge in [0, 0.05) is 11.8 Å². The minimum atomic E-state index is -1.21. The van der Waals surface area contributed by atoms with Crippen LogP contribution < -0.4 is 15.5 Å². The van der Waals surface area contributed by atoms with Crippen molar-refractivity contribution >= 4 is 51.8 Å². The second-order valence-corrected chi connectivity index (χ2v) is 7.14. The Balaban J connectivity index is 2.24. The van der Waals surface area contributed by atoms with E-state index in [2.05, 4.69) is 10.3 Å². The summed E-state index contributed by atoms with van der Waals surface area (Å²) in [4.78, 5) is 27.3. The van der Waals surface area contributed by atoms with Crippen LogP contribution in [0.4, 0.5) is 9.18 Å². The summed E-state index contributed by atoms with van der Waals surface area (Å²) >= 11 is 18.8. The van der Waals surface area contributed by atoms with Crippen molar-refractivity contribution in [2.24, 2.45) is 0 Å². The molecule has 0 atom stereocenters. The third-order valence-electron chi connectivity index (χ3n) is 3.96. The average Bonchev–Trinajstić information content (AvgIpc) is 2.61. The van der Waals surface area contributed by atoms with Gasteiger partial charge in [0.05, 0.1) is 39.0 Å². The summed E-state index contributed by atoms with van der Waals surface area (Å²) in [5.41, 5.74) is 0.496. The van der Waals surface area contributed by atoms with Crippen molar-refractivity contribution in [2.75, 3.05) is 13.2 Å². The number of carboxylic acid groups (broad SMARTS) is 1. The SMILES string of the molecule is Cc1cc(=O)c2c(OCCNC(=O)O)ncc(Cl)c2n1-c1c(Cl)cc(F)cc1Cl. The summed E-state index contributed by atoms with van der Waals surface area (Å²) in [5.74, 6) is -0.654. The van der Waals surface area contributed by atoms with Crippen molar-refractivity contribution in [3.05, 3.63) is 61.2 Å². The molecule has 152 valence electrons. The Hall–Kier alpha value is -2.55. The smallest absolute Gasteiger partial charge is 0.404 e. The van der Waals surface area contributed by atoms with Crippen molar-refractivity contribution in [3.8, 4) is 11.6 Å². The Kier molecular flexibility index (Phi) is 6.16. The Morgan fingerprint density at radius 3 is 2.52 bits per heavy atom. The van der Waals surface area contributed by atoms with Gasteiger partial charge in [0.2, 0.25) is 5.88 Å². The van der Waals surface area contributed by atoms with Gasteiger partial charge in [-0.25, -0.2) is 14.2 Å². The van der Waals surface area contributed by atoms with Crippen LogP contribution in [0.2, 0.25) is 15.1 Å². The maximum Gasteiger partial charge on any atom is 0.404 e. The third-order valence-corrected chi connectivity index (χ3v) is 4.81. The molecule has 0 radical (unpaired) electrons. The normalized spacial score (nSPS) is 10.9. The van der Waals surface area contributed by atoms with E-state index in [0.717, 1.165) is 12.1 Å². The van der Waals surface area contributed by atoms with E-state index >= 15 is 0 Å². The van der Waals surface area contributed by atoms with Gasteiger partial charge in [0.15, 0.2) is 5.43 Å². The fourth-order valence-corrected chi connectivity index (χ4v) is 3.71. The second-order valence-electron chi connectivity index (χ2n) is 5.92. The van der Waals surface area contributed by atoms with E-state index in [1.54, 1.807) is 6.92 Å². The number of hydrogen-bond donors (Lipinski definition) is 2. The molecule has 0 unspecified atom stereocenters. The van der Waals surface area contributed by atoms with Crippen LogP contribution in [-0.4, -0.2) is 33.9 Å². The molecule has 0 aliphatic rings. The molecule has 2 aromatic heterocycles. The zero-order chi connectivity index (χ0) is 21.3. The molecular formula is C18H13Cl3FN3O4. The highest BCUT2D eigenvalue weighted by molar-refractivity contribution is 6.38. The summed E-state index contributed by atoms with van der Waals surface area (Å²) in [6.45, 7) is 1.56. The number of pyridine rings is 2. The van der Waals surface area contributed by atoms with E-state index in [1.165, 1.54) is 16.8 Å². The summed E-state index contributed by atoms with van der Waals surface area (Å²) in [6, 6.07) is 3.51. The average molecular weight is 461 g/mol. The van der Waals surface area contributed by atoms with E-state index in [-0.39, 0.29) is 50.7 Å². The molecule has 0 spiro atoms. The van der Waals surface area contributed by atoms with Gasteiger partial charge in [0.1, 0.15) is 17.8 Å². The summed E-state index contributed by atoms with van der Waals surface area (Å²) in [6.07, 6.45) is 0.0750. The summed E-state index contributed by atoms with van der Waals surface area (Å²) in [5, 5.41) is 11.0. The third kappa shape index (κ3) is 4.24. The van der Waals surface area contributed by atoms with Gasteiger partial charge >= 0.3 is 6.09 Å².